The van der Waals surface area contributed by atoms with Crippen LogP contribution in [0.4, 0.5) is 4.39 Å². The first-order valence-corrected chi connectivity index (χ1v) is 8.03. The number of rotatable bonds is 5. The van der Waals surface area contributed by atoms with Crippen LogP contribution in [-0.2, 0) is 17.9 Å². The van der Waals surface area contributed by atoms with Crippen molar-refractivity contribution in [3.05, 3.63) is 70.4 Å². The second-order valence-corrected chi connectivity index (χ2v) is 6.18. The fourth-order valence-corrected chi connectivity index (χ4v) is 3.63. The Labute approximate surface area is 137 Å². The highest BCUT2D eigenvalue weighted by Gasteiger charge is 2.20. The minimum atomic E-state index is -0.326. The molecule has 1 aromatic heterocycles. The van der Waals surface area contributed by atoms with E-state index in [2.05, 4.69) is 5.32 Å². The van der Waals surface area contributed by atoms with Gasteiger partial charge < -0.3 is 10.1 Å². The lowest BCUT2D eigenvalue weighted by Gasteiger charge is -2.06. The van der Waals surface area contributed by atoms with Crippen molar-refractivity contribution < 1.29 is 13.9 Å². The van der Waals surface area contributed by atoms with Crippen LogP contribution in [0.1, 0.15) is 20.8 Å². The molecule has 0 bridgehead atoms. The number of benzene rings is 2. The predicted molar refractivity (Wildman–Crippen MR) is 90.1 cm³/mol. The number of fused-ring (bicyclic) bond motifs is 1. The van der Waals surface area contributed by atoms with Crippen molar-refractivity contribution in [3.8, 4) is 0 Å². The van der Waals surface area contributed by atoms with Crippen LogP contribution in [0.15, 0.2) is 48.5 Å². The second-order valence-electron chi connectivity index (χ2n) is 5.12. The summed E-state index contributed by atoms with van der Waals surface area (Å²) in [5, 5.41) is 3.36. The molecule has 0 saturated carbocycles. The van der Waals surface area contributed by atoms with Gasteiger partial charge in [0.15, 0.2) is 0 Å². The molecule has 3 aromatic rings. The molecule has 0 fully saturated rings. The smallest absolute Gasteiger partial charge is 0.262 e. The zero-order valence-electron chi connectivity index (χ0n) is 12.6. The summed E-state index contributed by atoms with van der Waals surface area (Å²) in [5.74, 6) is -0.533. The van der Waals surface area contributed by atoms with Gasteiger partial charge in [-0.05, 0) is 17.7 Å². The summed E-state index contributed by atoms with van der Waals surface area (Å²) < 4.78 is 20.0. The zero-order valence-corrected chi connectivity index (χ0v) is 13.5. The maximum atomic E-state index is 14.1. The average Bonchev–Trinajstić information content (AvgIpc) is 2.94. The van der Waals surface area contributed by atoms with Crippen molar-refractivity contribution in [1.82, 2.24) is 5.32 Å². The van der Waals surface area contributed by atoms with Crippen molar-refractivity contribution in [2.45, 2.75) is 13.2 Å². The third-order valence-electron chi connectivity index (χ3n) is 3.55. The topological polar surface area (TPSA) is 38.3 Å². The Hall–Kier alpha value is -2.24. The molecule has 0 unspecified atom stereocenters. The van der Waals surface area contributed by atoms with Crippen molar-refractivity contribution in [2.75, 3.05) is 7.11 Å². The van der Waals surface area contributed by atoms with Crippen LogP contribution in [0.25, 0.3) is 10.1 Å². The average molecular weight is 329 g/mol. The number of hydrogen-bond acceptors (Lipinski definition) is 3. The lowest BCUT2D eigenvalue weighted by molar-refractivity contribution is 0.0950. The summed E-state index contributed by atoms with van der Waals surface area (Å²) in [5.41, 5.74) is 1.62. The number of carbonyl (C=O) groups is 1. The van der Waals surface area contributed by atoms with Crippen LogP contribution >= 0.6 is 11.3 Å². The fourth-order valence-electron chi connectivity index (χ4n) is 2.49. The van der Waals surface area contributed by atoms with Gasteiger partial charge in [0.1, 0.15) is 5.82 Å². The molecule has 0 atom stereocenters. The molecule has 23 heavy (non-hydrogen) atoms. The fraction of sp³-hybridized carbons (Fsp3) is 0.167. The van der Waals surface area contributed by atoms with Crippen LogP contribution < -0.4 is 5.32 Å². The van der Waals surface area contributed by atoms with E-state index < -0.39 is 0 Å². The summed E-state index contributed by atoms with van der Waals surface area (Å²) in [6.07, 6.45) is 0. The van der Waals surface area contributed by atoms with Gasteiger partial charge in [-0.15, -0.1) is 11.3 Å². The van der Waals surface area contributed by atoms with E-state index in [-0.39, 0.29) is 18.3 Å². The molecule has 1 N–H and O–H groups in total. The van der Waals surface area contributed by atoms with E-state index in [4.69, 9.17) is 4.74 Å². The van der Waals surface area contributed by atoms with E-state index in [0.717, 1.165) is 10.3 Å². The summed E-state index contributed by atoms with van der Waals surface area (Å²) in [6.45, 7) is 0.637. The number of amides is 1. The Balaban J connectivity index is 1.90. The van der Waals surface area contributed by atoms with E-state index >= 15 is 0 Å². The van der Waals surface area contributed by atoms with Crippen LogP contribution in [0.3, 0.4) is 0 Å². The van der Waals surface area contributed by atoms with Gasteiger partial charge in [0.25, 0.3) is 5.91 Å². The Morgan fingerprint density at radius 2 is 1.96 bits per heavy atom. The number of methoxy groups -OCH3 is 1. The van der Waals surface area contributed by atoms with Gasteiger partial charge in [0.2, 0.25) is 0 Å². The molecule has 0 radical (unpaired) electrons. The molecule has 3 nitrogen and oxygen atoms in total. The third kappa shape index (κ3) is 3.25. The van der Waals surface area contributed by atoms with Gasteiger partial charge in [0, 0.05) is 29.3 Å². The van der Waals surface area contributed by atoms with E-state index in [1.54, 1.807) is 6.07 Å². The molecule has 0 aliphatic rings. The number of carbonyl (C=O) groups excluding carboxylic acids is 1. The van der Waals surface area contributed by atoms with Gasteiger partial charge in [-0.1, -0.05) is 36.4 Å². The normalized spacial score (nSPS) is 10.9. The van der Waals surface area contributed by atoms with E-state index in [9.17, 15) is 9.18 Å². The highest BCUT2D eigenvalue weighted by molar-refractivity contribution is 7.21. The first-order chi connectivity index (χ1) is 11.2. The highest BCUT2D eigenvalue weighted by atomic mass is 32.1. The first-order valence-electron chi connectivity index (χ1n) is 7.21. The largest absolute Gasteiger partial charge is 0.380 e. The van der Waals surface area contributed by atoms with Gasteiger partial charge in [0.05, 0.1) is 11.5 Å². The molecule has 0 spiro atoms. The molecule has 5 heteroatoms. The summed E-state index contributed by atoms with van der Waals surface area (Å²) in [7, 11) is 1.54. The van der Waals surface area contributed by atoms with Crippen LogP contribution in [0.2, 0.25) is 0 Å². The maximum absolute atomic E-state index is 14.1. The molecule has 1 amide bonds. The van der Waals surface area contributed by atoms with E-state index in [0.29, 0.717) is 22.4 Å². The summed E-state index contributed by atoms with van der Waals surface area (Å²) in [4.78, 5) is 13.0. The van der Waals surface area contributed by atoms with Crippen LogP contribution in [0, 0.1) is 5.82 Å². The molecule has 3 rings (SSSR count). The molecule has 2 aromatic carbocycles. The summed E-state index contributed by atoms with van der Waals surface area (Å²) in [6, 6.07) is 14.5. The molecule has 118 valence electrons. The lowest BCUT2D eigenvalue weighted by atomic mass is 10.1. The highest BCUT2D eigenvalue weighted by Crippen LogP contribution is 2.33. The van der Waals surface area contributed by atoms with Crippen molar-refractivity contribution >= 4 is 27.3 Å². The monoisotopic (exact) mass is 329 g/mol. The third-order valence-corrected chi connectivity index (χ3v) is 4.75. The number of halogens is 1. The minimum absolute atomic E-state index is 0.203. The Morgan fingerprint density at radius 1 is 1.17 bits per heavy atom. The van der Waals surface area contributed by atoms with E-state index in [1.165, 1.54) is 24.5 Å². The standard InChI is InChI=1S/C18H16FNO2S/c1-22-11-13-16-14(19)8-5-9-15(16)23-17(13)18(21)20-10-12-6-3-2-4-7-12/h2-9H,10-11H2,1H3,(H,20,21). The molecule has 1 heterocycles. The molecule has 0 aliphatic carbocycles. The van der Waals surface area contributed by atoms with E-state index in [1.807, 2.05) is 36.4 Å². The lowest BCUT2D eigenvalue weighted by Crippen LogP contribution is -2.22. The Bertz CT molecular complexity index is 830. The van der Waals surface area contributed by atoms with Crippen LogP contribution in [0.5, 0.6) is 0 Å². The predicted octanol–water partition coefficient (Wildman–Crippen LogP) is 4.12. The van der Waals surface area contributed by atoms with Crippen molar-refractivity contribution in [2.24, 2.45) is 0 Å². The van der Waals surface area contributed by atoms with Crippen LogP contribution in [-0.4, -0.2) is 13.0 Å². The quantitative estimate of drug-likeness (QED) is 0.765. The maximum Gasteiger partial charge on any atom is 0.262 e. The van der Waals surface area contributed by atoms with Crippen molar-refractivity contribution in [3.63, 3.8) is 0 Å². The van der Waals surface area contributed by atoms with Gasteiger partial charge >= 0.3 is 0 Å². The summed E-state index contributed by atoms with van der Waals surface area (Å²) >= 11 is 1.29. The molecular weight excluding hydrogens is 313 g/mol. The number of ether oxygens (including phenoxy) is 1. The number of hydrogen-bond donors (Lipinski definition) is 1. The molecule has 0 aliphatic heterocycles. The van der Waals surface area contributed by atoms with Gasteiger partial charge in [-0.2, -0.15) is 0 Å². The SMILES string of the molecule is COCc1c(C(=O)NCc2ccccc2)sc2cccc(F)c12. The Kier molecular flexibility index (Phi) is 4.69. The minimum Gasteiger partial charge on any atom is -0.380 e. The first kappa shape index (κ1) is 15.6. The zero-order chi connectivity index (χ0) is 16.2. The molecule has 0 saturated heterocycles. The molecular formula is C18H16FNO2S. The second kappa shape index (κ2) is 6.89. The van der Waals surface area contributed by atoms with Gasteiger partial charge in [-0.3, -0.25) is 4.79 Å². The van der Waals surface area contributed by atoms with Gasteiger partial charge in [-0.25, -0.2) is 4.39 Å². The number of thiophene rings is 1. The number of nitrogens with one attached hydrogen (secondary N) is 1. The Morgan fingerprint density at radius 3 is 2.70 bits per heavy atom. The van der Waals surface area contributed by atoms with Crippen molar-refractivity contribution in [1.29, 1.82) is 0 Å².